The number of hydrogen-bond acceptors (Lipinski definition) is 3. The minimum atomic E-state index is -0.0930. The number of hydrogen-bond donors (Lipinski definition) is 2. The zero-order valence-corrected chi connectivity index (χ0v) is 9.88. The van der Waals surface area contributed by atoms with Gasteiger partial charge in [0.1, 0.15) is 5.75 Å². The van der Waals surface area contributed by atoms with Crippen molar-refractivity contribution >= 4 is 12.4 Å². The fraction of sp³-hybridized carbons (Fsp3) is 0.455. The van der Waals surface area contributed by atoms with Crippen molar-refractivity contribution in [2.24, 2.45) is 5.73 Å². The Labute approximate surface area is 96.7 Å². The summed E-state index contributed by atoms with van der Waals surface area (Å²) >= 11 is 0. The molecule has 3 N–H and O–H groups in total. The van der Waals surface area contributed by atoms with Crippen molar-refractivity contribution in [3.63, 3.8) is 0 Å². The van der Waals surface area contributed by atoms with E-state index in [0.717, 1.165) is 16.9 Å². The smallest absolute Gasteiger partial charge is 0.121 e. The minimum absolute atomic E-state index is 0. The third-order valence-electron chi connectivity index (χ3n) is 2.29. The van der Waals surface area contributed by atoms with Gasteiger partial charge >= 0.3 is 0 Å². The number of halogens is 1. The lowest BCUT2D eigenvalue weighted by Gasteiger charge is -2.12. The molecular weight excluding hydrogens is 214 g/mol. The van der Waals surface area contributed by atoms with E-state index in [0.29, 0.717) is 6.42 Å². The Bertz CT molecular complexity index is 305. The first-order chi connectivity index (χ1) is 6.69. The summed E-state index contributed by atoms with van der Waals surface area (Å²) < 4.78 is 5.15. The summed E-state index contributed by atoms with van der Waals surface area (Å²) in [4.78, 5) is 0. The third kappa shape index (κ3) is 3.70. The van der Waals surface area contributed by atoms with Crippen molar-refractivity contribution in [3.8, 4) is 5.75 Å². The van der Waals surface area contributed by atoms with Gasteiger partial charge in [0.25, 0.3) is 0 Å². The summed E-state index contributed by atoms with van der Waals surface area (Å²) in [5.41, 5.74) is 7.97. The van der Waals surface area contributed by atoms with E-state index < -0.39 is 0 Å². The third-order valence-corrected chi connectivity index (χ3v) is 2.29. The van der Waals surface area contributed by atoms with E-state index in [9.17, 15) is 0 Å². The Hall–Kier alpha value is -0.770. The number of aryl methyl sites for hydroxylation is 1. The first-order valence-corrected chi connectivity index (χ1v) is 4.70. The lowest BCUT2D eigenvalue weighted by molar-refractivity contribution is 0.276. The number of methoxy groups -OCH3 is 1. The Balaban J connectivity index is 0.00000196. The summed E-state index contributed by atoms with van der Waals surface area (Å²) in [5.74, 6) is 0.866. The van der Waals surface area contributed by atoms with Gasteiger partial charge < -0.3 is 15.6 Å². The van der Waals surface area contributed by atoms with Gasteiger partial charge in [-0.2, -0.15) is 0 Å². The predicted molar refractivity (Wildman–Crippen MR) is 63.6 cm³/mol. The molecule has 0 spiro atoms. The number of ether oxygens (including phenoxy) is 1. The first-order valence-electron chi connectivity index (χ1n) is 4.70. The molecule has 0 heterocycles. The molecule has 1 aromatic rings. The molecule has 15 heavy (non-hydrogen) atoms. The van der Waals surface area contributed by atoms with Gasteiger partial charge in [-0.3, -0.25) is 0 Å². The maximum absolute atomic E-state index is 8.76. The van der Waals surface area contributed by atoms with Gasteiger partial charge in [-0.05, 0) is 30.5 Å². The number of aliphatic hydroxyl groups is 1. The largest absolute Gasteiger partial charge is 0.496 e. The Morgan fingerprint density at radius 2 is 2.13 bits per heavy atom. The van der Waals surface area contributed by atoms with Crippen LogP contribution < -0.4 is 10.5 Å². The highest BCUT2D eigenvalue weighted by Crippen LogP contribution is 2.22. The second kappa shape index (κ2) is 6.67. The number of rotatable bonds is 4. The number of benzene rings is 1. The highest BCUT2D eigenvalue weighted by molar-refractivity contribution is 5.85. The van der Waals surface area contributed by atoms with Crippen LogP contribution in [0.15, 0.2) is 18.2 Å². The van der Waals surface area contributed by atoms with Crippen LogP contribution in [-0.2, 0) is 0 Å². The molecule has 0 amide bonds. The zero-order valence-electron chi connectivity index (χ0n) is 9.06. The topological polar surface area (TPSA) is 55.5 Å². The second-order valence-corrected chi connectivity index (χ2v) is 3.35. The van der Waals surface area contributed by atoms with Gasteiger partial charge in [0.05, 0.1) is 7.11 Å². The van der Waals surface area contributed by atoms with E-state index >= 15 is 0 Å². The summed E-state index contributed by atoms with van der Waals surface area (Å²) in [7, 11) is 1.65. The standard InChI is InChI=1S/C11H17NO2.ClH/c1-8-7-9(10(12)5-6-13)3-4-11(8)14-2;/h3-4,7,10,13H,5-6,12H2,1-2H3;1H/t10-;/m0./s1. The monoisotopic (exact) mass is 231 g/mol. The van der Waals surface area contributed by atoms with E-state index in [1.807, 2.05) is 25.1 Å². The van der Waals surface area contributed by atoms with Gasteiger partial charge in [-0.1, -0.05) is 12.1 Å². The van der Waals surface area contributed by atoms with E-state index in [4.69, 9.17) is 15.6 Å². The molecule has 0 saturated carbocycles. The lowest BCUT2D eigenvalue weighted by Crippen LogP contribution is -2.12. The summed E-state index contributed by atoms with van der Waals surface area (Å²) in [5, 5.41) is 8.76. The number of nitrogens with two attached hydrogens (primary N) is 1. The SMILES string of the molecule is COc1ccc([C@@H](N)CCO)cc1C.Cl. The van der Waals surface area contributed by atoms with Crippen LogP contribution in [0.25, 0.3) is 0 Å². The Morgan fingerprint density at radius 1 is 1.47 bits per heavy atom. The van der Waals surface area contributed by atoms with Gasteiger partial charge in [0.2, 0.25) is 0 Å². The molecule has 1 atom stereocenters. The molecule has 1 rings (SSSR count). The average Bonchev–Trinajstić information content (AvgIpc) is 2.18. The maximum atomic E-state index is 8.76. The second-order valence-electron chi connectivity index (χ2n) is 3.35. The van der Waals surface area contributed by atoms with Gasteiger partial charge in [0.15, 0.2) is 0 Å². The predicted octanol–water partition coefficient (Wildman–Crippen LogP) is 1.81. The van der Waals surface area contributed by atoms with Crippen molar-refractivity contribution < 1.29 is 9.84 Å². The van der Waals surface area contributed by atoms with E-state index in [-0.39, 0.29) is 25.1 Å². The van der Waals surface area contributed by atoms with E-state index in [1.54, 1.807) is 7.11 Å². The van der Waals surface area contributed by atoms with Crippen LogP contribution in [0.3, 0.4) is 0 Å². The summed E-state index contributed by atoms with van der Waals surface area (Å²) in [6.07, 6.45) is 0.589. The normalized spacial score (nSPS) is 11.7. The molecule has 4 heteroatoms. The molecule has 0 unspecified atom stereocenters. The zero-order chi connectivity index (χ0) is 10.6. The fourth-order valence-corrected chi connectivity index (χ4v) is 1.44. The van der Waals surface area contributed by atoms with Crippen molar-refractivity contribution in [1.29, 1.82) is 0 Å². The molecular formula is C11H18ClNO2. The van der Waals surface area contributed by atoms with Crippen molar-refractivity contribution in [2.75, 3.05) is 13.7 Å². The first kappa shape index (κ1) is 14.2. The molecule has 0 bridgehead atoms. The van der Waals surface area contributed by atoms with Crippen LogP contribution >= 0.6 is 12.4 Å². The van der Waals surface area contributed by atoms with Gasteiger partial charge in [-0.25, -0.2) is 0 Å². The van der Waals surface area contributed by atoms with Crippen LogP contribution in [0.4, 0.5) is 0 Å². The van der Waals surface area contributed by atoms with Crippen LogP contribution in [0.2, 0.25) is 0 Å². The molecule has 0 radical (unpaired) electrons. The minimum Gasteiger partial charge on any atom is -0.496 e. The van der Waals surface area contributed by atoms with Crippen molar-refractivity contribution in [3.05, 3.63) is 29.3 Å². The summed E-state index contributed by atoms with van der Waals surface area (Å²) in [6.45, 7) is 2.10. The lowest BCUT2D eigenvalue weighted by atomic mass is 10.0. The van der Waals surface area contributed by atoms with Gasteiger partial charge in [-0.15, -0.1) is 12.4 Å². The van der Waals surface area contributed by atoms with Crippen molar-refractivity contribution in [1.82, 2.24) is 0 Å². The highest BCUT2D eigenvalue weighted by Gasteiger charge is 2.07. The van der Waals surface area contributed by atoms with Crippen LogP contribution in [0.5, 0.6) is 5.75 Å². The quantitative estimate of drug-likeness (QED) is 0.831. The molecule has 1 aromatic carbocycles. The van der Waals surface area contributed by atoms with Crippen molar-refractivity contribution in [2.45, 2.75) is 19.4 Å². The van der Waals surface area contributed by atoms with Crippen LogP contribution in [-0.4, -0.2) is 18.8 Å². The Kier molecular flexibility index (Phi) is 6.32. The molecule has 3 nitrogen and oxygen atoms in total. The van der Waals surface area contributed by atoms with Gasteiger partial charge in [0, 0.05) is 12.6 Å². The molecule has 0 aliphatic rings. The maximum Gasteiger partial charge on any atom is 0.121 e. The average molecular weight is 232 g/mol. The molecule has 86 valence electrons. The molecule has 0 aromatic heterocycles. The van der Waals surface area contributed by atoms with Crippen LogP contribution in [0.1, 0.15) is 23.6 Å². The molecule has 0 saturated heterocycles. The molecule has 0 aliphatic carbocycles. The molecule has 0 fully saturated rings. The van der Waals surface area contributed by atoms with E-state index in [2.05, 4.69) is 0 Å². The Morgan fingerprint density at radius 3 is 2.60 bits per heavy atom. The van der Waals surface area contributed by atoms with Crippen LogP contribution in [0, 0.1) is 6.92 Å². The van der Waals surface area contributed by atoms with E-state index in [1.165, 1.54) is 0 Å². The number of aliphatic hydroxyl groups excluding tert-OH is 1. The fourth-order valence-electron chi connectivity index (χ4n) is 1.44. The summed E-state index contributed by atoms with van der Waals surface area (Å²) in [6, 6.07) is 5.75. The highest BCUT2D eigenvalue weighted by atomic mass is 35.5. The molecule has 0 aliphatic heterocycles.